The van der Waals surface area contributed by atoms with Crippen LogP contribution in [0.1, 0.15) is 12.6 Å². The summed E-state index contributed by atoms with van der Waals surface area (Å²) in [6.07, 6.45) is 1.95. The van der Waals surface area contributed by atoms with Crippen molar-refractivity contribution in [3.8, 4) is 5.75 Å². The second-order valence-corrected chi connectivity index (χ2v) is 3.83. The maximum absolute atomic E-state index is 5.68. The highest BCUT2D eigenvalue weighted by molar-refractivity contribution is 5.19. The summed E-state index contributed by atoms with van der Waals surface area (Å²) in [4.78, 5) is 6.28. The average molecular weight is 194 g/mol. The van der Waals surface area contributed by atoms with Gasteiger partial charge in [0.05, 0.1) is 6.20 Å². The first-order chi connectivity index (χ1) is 6.58. The van der Waals surface area contributed by atoms with Gasteiger partial charge >= 0.3 is 0 Å². The van der Waals surface area contributed by atoms with E-state index in [0.29, 0.717) is 0 Å². The van der Waals surface area contributed by atoms with Crippen molar-refractivity contribution in [2.24, 2.45) is 0 Å². The molecule has 0 aromatic carbocycles. The molecule has 0 aliphatic heterocycles. The molecule has 0 bridgehead atoms. The molecule has 0 aliphatic carbocycles. The molecule has 3 heteroatoms. The summed E-state index contributed by atoms with van der Waals surface area (Å²) in [7, 11) is 4.07. The maximum Gasteiger partial charge on any atom is 0.138 e. The quantitative estimate of drug-likeness (QED) is 0.729. The number of rotatable bonds is 4. The molecule has 14 heavy (non-hydrogen) atoms. The Morgan fingerprint density at radius 2 is 2.14 bits per heavy atom. The Bertz CT molecular complexity index is 269. The van der Waals surface area contributed by atoms with Crippen molar-refractivity contribution >= 4 is 0 Å². The second-order valence-electron chi connectivity index (χ2n) is 3.83. The number of likely N-dealkylation sites (N-methyl/N-ethyl adjacent to an activating group) is 1. The first kappa shape index (κ1) is 11.0. The minimum absolute atomic E-state index is 0.189. The topological polar surface area (TPSA) is 25.4 Å². The van der Waals surface area contributed by atoms with Crippen LogP contribution in [0.3, 0.4) is 0 Å². The summed E-state index contributed by atoms with van der Waals surface area (Å²) in [5.74, 6) is 0.838. The maximum atomic E-state index is 5.68. The van der Waals surface area contributed by atoms with Crippen LogP contribution in [0.5, 0.6) is 5.75 Å². The molecule has 0 aliphatic rings. The Hall–Kier alpha value is -1.09. The lowest BCUT2D eigenvalue weighted by Gasteiger charge is -2.18. The molecule has 78 valence electrons. The lowest BCUT2D eigenvalue weighted by molar-refractivity contribution is 0.176. The van der Waals surface area contributed by atoms with Crippen LogP contribution < -0.4 is 4.74 Å². The summed E-state index contributed by atoms with van der Waals surface area (Å²) >= 11 is 0. The number of hydrogen-bond donors (Lipinski definition) is 0. The van der Waals surface area contributed by atoms with Gasteiger partial charge in [-0.05, 0) is 40.1 Å². The van der Waals surface area contributed by atoms with E-state index in [2.05, 4.69) is 16.8 Å². The van der Waals surface area contributed by atoms with Crippen LogP contribution in [0, 0.1) is 6.92 Å². The van der Waals surface area contributed by atoms with Gasteiger partial charge in [-0.15, -0.1) is 0 Å². The molecule has 0 saturated heterocycles. The molecule has 1 aromatic heterocycles. The van der Waals surface area contributed by atoms with Gasteiger partial charge in [0.25, 0.3) is 0 Å². The molecule has 3 nitrogen and oxygen atoms in total. The zero-order valence-corrected chi connectivity index (χ0v) is 9.32. The van der Waals surface area contributed by atoms with E-state index in [1.807, 2.05) is 33.2 Å². The van der Waals surface area contributed by atoms with Gasteiger partial charge in [0.15, 0.2) is 0 Å². The van der Waals surface area contributed by atoms with Gasteiger partial charge in [-0.2, -0.15) is 0 Å². The van der Waals surface area contributed by atoms with Gasteiger partial charge in [0, 0.05) is 12.2 Å². The first-order valence-corrected chi connectivity index (χ1v) is 4.82. The Labute approximate surface area is 85.7 Å². The van der Waals surface area contributed by atoms with Gasteiger partial charge in [0.1, 0.15) is 11.9 Å². The Morgan fingerprint density at radius 3 is 2.64 bits per heavy atom. The van der Waals surface area contributed by atoms with Crippen molar-refractivity contribution in [2.75, 3.05) is 20.6 Å². The van der Waals surface area contributed by atoms with Gasteiger partial charge in [0.2, 0.25) is 0 Å². The summed E-state index contributed by atoms with van der Waals surface area (Å²) in [5, 5.41) is 0. The lowest BCUT2D eigenvalue weighted by atomic mass is 10.3. The standard InChI is InChI=1S/C11H18N2O/c1-9-5-6-11(7-12-9)14-10(2)8-13(3)4/h5-7,10H,8H2,1-4H3. The number of pyridine rings is 1. The molecule has 0 saturated carbocycles. The molecule has 0 fully saturated rings. The van der Waals surface area contributed by atoms with E-state index in [4.69, 9.17) is 4.74 Å². The summed E-state index contributed by atoms with van der Waals surface area (Å²) in [6.45, 7) is 4.93. The van der Waals surface area contributed by atoms with Crippen molar-refractivity contribution in [2.45, 2.75) is 20.0 Å². The molecule has 0 radical (unpaired) electrons. The van der Waals surface area contributed by atoms with Crippen LogP contribution in [0.15, 0.2) is 18.3 Å². The van der Waals surface area contributed by atoms with E-state index in [1.54, 1.807) is 6.20 Å². The zero-order chi connectivity index (χ0) is 10.6. The highest BCUT2D eigenvalue weighted by Crippen LogP contribution is 2.10. The van der Waals surface area contributed by atoms with Gasteiger partial charge in [-0.1, -0.05) is 0 Å². The van der Waals surface area contributed by atoms with E-state index in [0.717, 1.165) is 18.0 Å². The number of aromatic nitrogens is 1. The summed E-state index contributed by atoms with van der Waals surface area (Å²) < 4.78 is 5.68. The first-order valence-electron chi connectivity index (χ1n) is 4.82. The van der Waals surface area contributed by atoms with E-state index in [9.17, 15) is 0 Å². The molecule has 1 rings (SSSR count). The predicted molar refractivity (Wildman–Crippen MR) is 57.6 cm³/mol. The zero-order valence-electron chi connectivity index (χ0n) is 9.32. The van der Waals surface area contributed by atoms with Crippen molar-refractivity contribution in [1.29, 1.82) is 0 Å². The van der Waals surface area contributed by atoms with Crippen molar-refractivity contribution in [1.82, 2.24) is 9.88 Å². The summed E-state index contributed by atoms with van der Waals surface area (Å²) in [5.41, 5.74) is 1.01. The fourth-order valence-corrected chi connectivity index (χ4v) is 1.31. The van der Waals surface area contributed by atoms with E-state index < -0.39 is 0 Å². The third kappa shape index (κ3) is 3.75. The molecule has 1 atom stereocenters. The third-order valence-electron chi connectivity index (χ3n) is 1.84. The lowest BCUT2D eigenvalue weighted by Crippen LogP contribution is -2.27. The van der Waals surface area contributed by atoms with Crippen molar-refractivity contribution in [3.05, 3.63) is 24.0 Å². The molecule has 1 unspecified atom stereocenters. The van der Waals surface area contributed by atoms with E-state index in [-0.39, 0.29) is 6.10 Å². The van der Waals surface area contributed by atoms with Crippen LogP contribution in [-0.2, 0) is 0 Å². The summed E-state index contributed by atoms with van der Waals surface area (Å²) in [6, 6.07) is 3.91. The molecule has 1 heterocycles. The van der Waals surface area contributed by atoms with Crippen LogP contribution in [0.4, 0.5) is 0 Å². The van der Waals surface area contributed by atoms with Crippen LogP contribution in [0.25, 0.3) is 0 Å². The monoisotopic (exact) mass is 194 g/mol. The third-order valence-corrected chi connectivity index (χ3v) is 1.84. The number of nitrogens with zero attached hydrogens (tertiary/aromatic N) is 2. The van der Waals surface area contributed by atoms with Crippen LogP contribution in [-0.4, -0.2) is 36.6 Å². The highest BCUT2D eigenvalue weighted by atomic mass is 16.5. The van der Waals surface area contributed by atoms with Crippen LogP contribution in [0.2, 0.25) is 0 Å². The van der Waals surface area contributed by atoms with Crippen molar-refractivity contribution in [3.63, 3.8) is 0 Å². The van der Waals surface area contributed by atoms with Crippen LogP contribution >= 0.6 is 0 Å². The minimum atomic E-state index is 0.189. The van der Waals surface area contributed by atoms with Crippen molar-refractivity contribution < 1.29 is 4.74 Å². The molecular weight excluding hydrogens is 176 g/mol. The molecule has 0 spiro atoms. The SMILES string of the molecule is Cc1ccc(OC(C)CN(C)C)cn1. The fourth-order valence-electron chi connectivity index (χ4n) is 1.31. The normalized spacial score (nSPS) is 12.9. The predicted octanol–water partition coefficient (Wildman–Crippen LogP) is 1.72. The fraction of sp³-hybridized carbons (Fsp3) is 0.545. The smallest absolute Gasteiger partial charge is 0.138 e. The molecular formula is C11H18N2O. The Kier molecular flexibility index (Phi) is 3.89. The highest BCUT2D eigenvalue weighted by Gasteiger charge is 2.04. The number of ether oxygens (including phenoxy) is 1. The minimum Gasteiger partial charge on any atom is -0.488 e. The Balaban J connectivity index is 2.47. The van der Waals surface area contributed by atoms with E-state index >= 15 is 0 Å². The second kappa shape index (κ2) is 4.96. The average Bonchev–Trinajstić information content (AvgIpc) is 2.07. The largest absolute Gasteiger partial charge is 0.488 e. The molecule has 0 N–H and O–H groups in total. The molecule has 1 aromatic rings. The molecule has 0 amide bonds. The van der Waals surface area contributed by atoms with Gasteiger partial charge in [-0.25, -0.2) is 0 Å². The van der Waals surface area contributed by atoms with E-state index in [1.165, 1.54) is 0 Å². The van der Waals surface area contributed by atoms with Gasteiger partial charge in [-0.3, -0.25) is 4.98 Å². The number of aryl methyl sites for hydroxylation is 1. The Morgan fingerprint density at radius 1 is 1.43 bits per heavy atom. The van der Waals surface area contributed by atoms with Gasteiger partial charge < -0.3 is 9.64 Å². The number of hydrogen-bond acceptors (Lipinski definition) is 3.